The van der Waals surface area contributed by atoms with Gasteiger partial charge in [0, 0.05) is 11.6 Å². The summed E-state index contributed by atoms with van der Waals surface area (Å²) >= 11 is 3.34. The number of amides is 1. The van der Waals surface area contributed by atoms with Crippen molar-refractivity contribution < 1.29 is 19.4 Å². The van der Waals surface area contributed by atoms with Crippen molar-refractivity contribution in [3.8, 4) is 0 Å². The number of rotatable bonds is 7. The summed E-state index contributed by atoms with van der Waals surface area (Å²) < 4.78 is 6.35. The van der Waals surface area contributed by atoms with E-state index in [-0.39, 0.29) is 24.3 Å². The highest BCUT2D eigenvalue weighted by atomic mass is 79.9. The van der Waals surface area contributed by atoms with Gasteiger partial charge in [-0.1, -0.05) is 28.1 Å². The Morgan fingerprint density at radius 2 is 2.00 bits per heavy atom. The Hall–Kier alpha value is -1.40. The highest BCUT2D eigenvalue weighted by Gasteiger charge is 2.39. The summed E-state index contributed by atoms with van der Waals surface area (Å²) in [6.45, 7) is 0. The number of nitrogens with one attached hydrogen (secondary N) is 1. The van der Waals surface area contributed by atoms with E-state index in [1.807, 2.05) is 24.3 Å². The van der Waals surface area contributed by atoms with Gasteiger partial charge in [0.2, 0.25) is 5.91 Å². The van der Waals surface area contributed by atoms with Crippen molar-refractivity contribution in [3.63, 3.8) is 0 Å². The molecule has 1 aliphatic rings. The second-order valence-corrected chi connectivity index (χ2v) is 6.60. The summed E-state index contributed by atoms with van der Waals surface area (Å²) in [7, 11) is 1.62. The minimum Gasteiger partial charge on any atom is -0.481 e. The van der Waals surface area contributed by atoms with Crippen LogP contribution in [0, 0.1) is 0 Å². The molecule has 22 heavy (non-hydrogen) atoms. The van der Waals surface area contributed by atoms with Crippen molar-refractivity contribution in [2.24, 2.45) is 0 Å². The third-order valence-electron chi connectivity index (χ3n) is 4.17. The molecule has 0 radical (unpaired) electrons. The minimum absolute atomic E-state index is 0.145. The van der Waals surface area contributed by atoms with E-state index >= 15 is 0 Å². The van der Waals surface area contributed by atoms with Crippen LogP contribution in [0.3, 0.4) is 0 Å². The summed E-state index contributed by atoms with van der Waals surface area (Å²) in [6.07, 6.45) is 2.94. The van der Waals surface area contributed by atoms with Crippen LogP contribution in [0.5, 0.6) is 0 Å². The van der Waals surface area contributed by atoms with E-state index in [4.69, 9.17) is 9.84 Å². The number of methoxy groups -OCH3 is 1. The third kappa shape index (κ3) is 4.30. The van der Waals surface area contributed by atoms with E-state index < -0.39 is 12.0 Å². The molecule has 2 rings (SSSR count). The number of carboxylic acid groups (broad SMARTS) is 1. The zero-order valence-electron chi connectivity index (χ0n) is 12.5. The van der Waals surface area contributed by atoms with E-state index in [2.05, 4.69) is 21.2 Å². The molecule has 0 bridgehead atoms. The normalized spacial score (nSPS) is 17.4. The van der Waals surface area contributed by atoms with Gasteiger partial charge in [0.25, 0.3) is 0 Å². The molecule has 1 aromatic rings. The number of carbonyl (C=O) groups is 2. The van der Waals surface area contributed by atoms with Crippen LogP contribution in [0.1, 0.15) is 43.7 Å². The standard InChI is InChI=1S/C16H20BrNO4/c1-22-16(7-2-8-16)10-14(19)18-13(9-15(20)21)11-3-5-12(17)6-4-11/h3-6,13H,2,7-10H2,1H3,(H,18,19)(H,20,21). The van der Waals surface area contributed by atoms with Gasteiger partial charge in [0.15, 0.2) is 0 Å². The Balaban J connectivity index is 2.04. The topological polar surface area (TPSA) is 75.6 Å². The van der Waals surface area contributed by atoms with Crippen LogP contribution in [0.4, 0.5) is 0 Å². The van der Waals surface area contributed by atoms with Gasteiger partial charge in [0.1, 0.15) is 0 Å². The van der Waals surface area contributed by atoms with Gasteiger partial charge in [-0.2, -0.15) is 0 Å². The lowest BCUT2D eigenvalue weighted by molar-refractivity contribution is -0.138. The van der Waals surface area contributed by atoms with Crippen molar-refractivity contribution in [3.05, 3.63) is 34.3 Å². The predicted octanol–water partition coefficient (Wildman–Crippen LogP) is 3.04. The molecule has 0 aromatic heterocycles. The number of aliphatic carboxylic acids is 1. The molecule has 1 saturated carbocycles. The number of ether oxygens (including phenoxy) is 1. The van der Waals surface area contributed by atoms with Crippen molar-refractivity contribution in [1.82, 2.24) is 5.32 Å². The fraction of sp³-hybridized carbons (Fsp3) is 0.500. The molecular formula is C16H20BrNO4. The third-order valence-corrected chi connectivity index (χ3v) is 4.70. The monoisotopic (exact) mass is 369 g/mol. The first-order valence-electron chi connectivity index (χ1n) is 7.26. The van der Waals surface area contributed by atoms with Gasteiger partial charge < -0.3 is 15.2 Å². The molecule has 1 amide bonds. The van der Waals surface area contributed by atoms with Crippen molar-refractivity contribution >= 4 is 27.8 Å². The Bertz CT molecular complexity index is 534. The fourth-order valence-corrected chi connectivity index (χ4v) is 2.95. The molecule has 2 N–H and O–H groups in total. The molecule has 0 saturated heterocycles. The predicted molar refractivity (Wildman–Crippen MR) is 85.5 cm³/mol. The average Bonchev–Trinajstić information content (AvgIpc) is 2.42. The Labute approximate surface area is 138 Å². The number of hydrogen-bond acceptors (Lipinski definition) is 3. The summed E-state index contributed by atoms with van der Waals surface area (Å²) in [5.74, 6) is -1.12. The summed E-state index contributed by atoms with van der Waals surface area (Å²) in [4.78, 5) is 23.3. The van der Waals surface area contributed by atoms with Crippen molar-refractivity contribution in [2.75, 3.05) is 7.11 Å². The van der Waals surface area contributed by atoms with E-state index in [9.17, 15) is 9.59 Å². The summed E-state index contributed by atoms with van der Waals surface area (Å²) in [5.41, 5.74) is 0.413. The lowest BCUT2D eigenvalue weighted by Gasteiger charge is -2.40. The fourth-order valence-electron chi connectivity index (χ4n) is 2.68. The first-order valence-corrected chi connectivity index (χ1v) is 8.05. The second-order valence-electron chi connectivity index (χ2n) is 5.69. The Kier molecular flexibility index (Phi) is 5.58. The average molecular weight is 370 g/mol. The molecular weight excluding hydrogens is 350 g/mol. The van der Waals surface area contributed by atoms with Gasteiger partial charge >= 0.3 is 5.97 Å². The molecule has 5 nitrogen and oxygen atoms in total. The number of benzene rings is 1. The first kappa shape index (κ1) is 17.0. The van der Waals surface area contributed by atoms with Crippen LogP contribution in [-0.4, -0.2) is 29.7 Å². The maximum Gasteiger partial charge on any atom is 0.305 e. The van der Waals surface area contributed by atoms with Gasteiger partial charge in [-0.25, -0.2) is 0 Å². The zero-order valence-corrected chi connectivity index (χ0v) is 14.1. The molecule has 1 fully saturated rings. The van der Waals surface area contributed by atoms with Crippen LogP contribution < -0.4 is 5.32 Å². The smallest absolute Gasteiger partial charge is 0.305 e. The van der Waals surface area contributed by atoms with Crippen LogP contribution >= 0.6 is 15.9 Å². The zero-order chi connectivity index (χ0) is 16.2. The van der Waals surface area contributed by atoms with Crippen molar-refractivity contribution in [2.45, 2.75) is 43.7 Å². The maximum atomic E-state index is 12.2. The van der Waals surface area contributed by atoms with Crippen LogP contribution in [0.15, 0.2) is 28.7 Å². The molecule has 1 aromatic carbocycles. The van der Waals surface area contributed by atoms with Crippen LogP contribution in [0.25, 0.3) is 0 Å². The number of hydrogen-bond donors (Lipinski definition) is 2. The lowest BCUT2D eigenvalue weighted by Crippen LogP contribution is -2.44. The van der Waals surface area contributed by atoms with E-state index in [0.717, 1.165) is 29.3 Å². The van der Waals surface area contributed by atoms with Crippen LogP contribution in [0.2, 0.25) is 0 Å². The summed E-state index contributed by atoms with van der Waals surface area (Å²) in [5, 5.41) is 11.9. The largest absolute Gasteiger partial charge is 0.481 e. The van der Waals surface area contributed by atoms with Gasteiger partial charge in [-0.15, -0.1) is 0 Å². The molecule has 1 unspecified atom stereocenters. The molecule has 0 spiro atoms. The second kappa shape index (κ2) is 7.24. The van der Waals surface area contributed by atoms with Crippen LogP contribution in [-0.2, 0) is 14.3 Å². The highest BCUT2D eigenvalue weighted by molar-refractivity contribution is 9.10. The molecule has 120 valence electrons. The number of halogens is 1. The Morgan fingerprint density at radius 1 is 1.36 bits per heavy atom. The minimum atomic E-state index is -0.946. The first-order chi connectivity index (χ1) is 10.4. The van der Waals surface area contributed by atoms with Gasteiger partial charge in [-0.05, 0) is 37.0 Å². The lowest BCUT2D eigenvalue weighted by atomic mass is 9.77. The molecule has 0 aliphatic heterocycles. The summed E-state index contributed by atoms with van der Waals surface area (Å²) in [6, 6.07) is 6.76. The Morgan fingerprint density at radius 3 is 2.45 bits per heavy atom. The molecule has 1 aliphatic carbocycles. The SMILES string of the molecule is COC1(CC(=O)NC(CC(=O)O)c2ccc(Br)cc2)CCC1. The molecule has 1 atom stereocenters. The quantitative estimate of drug-likeness (QED) is 0.774. The van der Waals surface area contributed by atoms with E-state index in [1.165, 1.54) is 0 Å². The molecule has 6 heteroatoms. The maximum absolute atomic E-state index is 12.2. The van der Waals surface area contributed by atoms with E-state index in [0.29, 0.717) is 0 Å². The molecule has 0 heterocycles. The van der Waals surface area contributed by atoms with E-state index in [1.54, 1.807) is 7.11 Å². The number of carbonyl (C=O) groups excluding carboxylic acids is 1. The van der Waals surface area contributed by atoms with Gasteiger partial charge in [0.05, 0.1) is 24.5 Å². The van der Waals surface area contributed by atoms with Crippen molar-refractivity contribution in [1.29, 1.82) is 0 Å². The van der Waals surface area contributed by atoms with Gasteiger partial charge in [-0.3, -0.25) is 9.59 Å². The highest BCUT2D eigenvalue weighted by Crippen LogP contribution is 2.38. The number of carboxylic acids is 1.